The molecule has 3 unspecified atom stereocenters. The van der Waals surface area contributed by atoms with Gasteiger partial charge in [-0.2, -0.15) is 0 Å². The third kappa shape index (κ3) is 2.71. The monoisotopic (exact) mass is 302 g/mol. The van der Waals surface area contributed by atoms with Gasteiger partial charge >= 0.3 is 0 Å². The van der Waals surface area contributed by atoms with Gasteiger partial charge in [-0.25, -0.2) is 5.43 Å². The van der Waals surface area contributed by atoms with Crippen LogP contribution in [-0.4, -0.2) is 54.8 Å². The van der Waals surface area contributed by atoms with Crippen LogP contribution in [0.25, 0.3) is 0 Å². The molecule has 2 aliphatic rings. The van der Waals surface area contributed by atoms with Crippen LogP contribution in [0.3, 0.4) is 0 Å². The molecule has 2 aliphatic heterocycles. The number of hydrogen-bond acceptors (Lipinski definition) is 4. The lowest BCUT2D eigenvalue weighted by atomic mass is 9.82. The van der Waals surface area contributed by atoms with Gasteiger partial charge in [0, 0.05) is 39.6 Å². The smallest absolute Gasteiger partial charge is 0.241 e. The SMILES string of the molecule is CN(Cc1ccccc1)C(=O)C1CN(C)C(=O)C2NNCC12. The van der Waals surface area contributed by atoms with Crippen molar-refractivity contribution in [1.29, 1.82) is 0 Å². The molecule has 2 fully saturated rings. The fraction of sp³-hybridized carbons (Fsp3) is 0.500. The molecule has 2 heterocycles. The summed E-state index contributed by atoms with van der Waals surface area (Å²) >= 11 is 0. The van der Waals surface area contributed by atoms with Gasteiger partial charge in [-0.05, 0) is 5.56 Å². The molecule has 3 rings (SSSR count). The number of piperidine rings is 1. The normalized spacial score (nSPS) is 27.6. The van der Waals surface area contributed by atoms with Crippen molar-refractivity contribution >= 4 is 11.8 Å². The molecule has 0 aromatic heterocycles. The first-order chi connectivity index (χ1) is 10.6. The Morgan fingerprint density at radius 1 is 1.36 bits per heavy atom. The van der Waals surface area contributed by atoms with E-state index in [0.717, 1.165) is 5.56 Å². The van der Waals surface area contributed by atoms with Gasteiger partial charge in [0.25, 0.3) is 0 Å². The summed E-state index contributed by atoms with van der Waals surface area (Å²) in [5, 5.41) is 0. The van der Waals surface area contributed by atoms with Crippen LogP contribution in [0.4, 0.5) is 0 Å². The first-order valence-corrected chi connectivity index (χ1v) is 7.60. The number of fused-ring (bicyclic) bond motifs is 1. The molecule has 1 aromatic carbocycles. The first kappa shape index (κ1) is 15.0. The van der Waals surface area contributed by atoms with Gasteiger partial charge in [0.2, 0.25) is 11.8 Å². The van der Waals surface area contributed by atoms with Gasteiger partial charge in [0.1, 0.15) is 6.04 Å². The predicted molar refractivity (Wildman–Crippen MR) is 82.5 cm³/mol. The molecule has 2 saturated heterocycles. The maximum absolute atomic E-state index is 12.8. The molecule has 2 N–H and O–H groups in total. The number of likely N-dealkylation sites (N-methyl/N-ethyl adjacent to an activating group) is 1. The first-order valence-electron chi connectivity index (χ1n) is 7.60. The number of rotatable bonds is 3. The van der Waals surface area contributed by atoms with E-state index in [-0.39, 0.29) is 29.7 Å². The average molecular weight is 302 g/mol. The number of hydrogen-bond donors (Lipinski definition) is 2. The molecule has 0 aliphatic carbocycles. The Morgan fingerprint density at radius 3 is 2.82 bits per heavy atom. The predicted octanol–water partition coefficient (Wildman–Crippen LogP) is -0.174. The van der Waals surface area contributed by atoms with E-state index in [1.54, 1.807) is 16.8 Å². The second-order valence-electron chi connectivity index (χ2n) is 6.17. The van der Waals surface area contributed by atoms with Gasteiger partial charge in [-0.15, -0.1) is 0 Å². The molecule has 0 bridgehead atoms. The van der Waals surface area contributed by atoms with E-state index in [9.17, 15) is 9.59 Å². The van der Waals surface area contributed by atoms with Gasteiger partial charge < -0.3 is 9.80 Å². The van der Waals surface area contributed by atoms with Crippen molar-refractivity contribution in [2.45, 2.75) is 12.6 Å². The molecule has 3 atom stereocenters. The lowest BCUT2D eigenvalue weighted by molar-refractivity contribution is -0.146. The van der Waals surface area contributed by atoms with E-state index >= 15 is 0 Å². The van der Waals surface area contributed by atoms with Gasteiger partial charge in [-0.3, -0.25) is 15.0 Å². The van der Waals surface area contributed by atoms with Crippen molar-refractivity contribution in [3.05, 3.63) is 35.9 Å². The summed E-state index contributed by atoms with van der Waals surface area (Å²) < 4.78 is 0. The van der Waals surface area contributed by atoms with Crippen LogP contribution in [0.2, 0.25) is 0 Å². The standard InChI is InChI=1S/C16H22N4O2/c1-19(9-11-6-4-3-5-7-11)15(21)13-10-20(2)16(22)14-12(13)8-17-18-14/h3-7,12-14,17-18H,8-10H2,1-2H3. The number of nitrogens with zero attached hydrogens (tertiary/aromatic N) is 2. The molecule has 6 nitrogen and oxygen atoms in total. The highest BCUT2D eigenvalue weighted by Gasteiger charge is 2.47. The Balaban J connectivity index is 1.72. The Hall–Kier alpha value is -1.92. The molecule has 22 heavy (non-hydrogen) atoms. The van der Waals surface area contributed by atoms with E-state index in [1.807, 2.05) is 37.4 Å². The molecule has 0 spiro atoms. The Bertz CT molecular complexity index is 563. The van der Waals surface area contributed by atoms with Crippen molar-refractivity contribution in [2.75, 3.05) is 27.2 Å². The van der Waals surface area contributed by atoms with Crippen molar-refractivity contribution in [3.8, 4) is 0 Å². The number of carbonyl (C=O) groups is 2. The number of benzene rings is 1. The summed E-state index contributed by atoms with van der Waals surface area (Å²) in [5.41, 5.74) is 7.13. The molecule has 1 aromatic rings. The largest absolute Gasteiger partial charge is 0.344 e. The molecule has 0 saturated carbocycles. The summed E-state index contributed by atoms with van der Waals surface area (Å²) in [6.07, 6.45) is 0. The second-order valence-corrected chi connectivity index (χ2v) is 6.17. The van der Waals surface area contributed by atoms with Crippen LogP contribution < -0.4 is 10.9 Å². The molecule has 118 valence electrons. The highest BCUT2D eigenvalue weighted by Crippen LogP contribution is 2.28. The van der Waals surface area contributed by atoms with E-state index in [0.29, 0.717) is 19.6 Å². The van der Waals surface area contributed by atoms with E-state index in [4.69, 9.17) is 0 Å². The van der Waals surface area contributed by atoms with Gasteiger partial charge in [0.15, 0.2) is 0 Å². The zero-order valence-electron chi connectivity index (χ0n) is 13.0. The summed E-state index contributed by atoms with van der Waals surface area (Å²) in [6.45, 7) is 1.73. The highest BCUT2D eigenvalue weighted by atomic mass is 16.2. The van der Waals surface area contributed by atoms with Crippen molar-refractivity contribution in [3.63, 3.8) is 0 Å². The van der Waals surface area contributed by atoms with Crippen LogP contribution in [0.5, 0.6) is 0 Å². The quantitative estimate of drug-likeness (QED) is 0.813. The number of carbonyl (C=O) groups excluding carboxylic acids is 2. The molecular formula is C16H22N4O2. The minimum atomic E-state index is -0.294. The van der Waals surface area contributed by atoms with Crippen LogP contribution in [-0.2, 0) is 16.1 Å². The van der Waals surface area contributed by atoms with Gasteiger partial charge in [-0.1, -0.05) is 30.3 Å². The number of hydrazine groups is 1. The lowest BCUT2D eigenvalue weighted by Crippen LogP contribution is -2.57. The van der Waals surface area contributed by atoms with Crippen molar-refractivity contribution in [1.82, 2.24) is 20.7 Å². The summed E-state index contributed by atoms with van der Waals surface area (Å²) in [7, 11) is 3.59. The fourth-order valence-electron chi connectivity index (χ4n) is 3.37. The molecule has 2 amide bonds. The maximum Gasteiger partial charge on any atom is 0.241 e. The van der Waals surface area contributed by atoms with Gasteiger partial charge in [0.05, 0.1) is 5.92 Å². The Morgan fingerprint density at radius 2 is 2.09 bits per heavy atom. The van der Waals surface area contributed by atoms with E-state index in [1.165, 1.54) is 0 Å². The number of amides is 2. The second kappa shape index (κ2) is 6.06. The third-order valence-corrected chi connectivity index (χ3v) is 4.61. The van der Waals surface area contributed by atoms with Crippen LogP contribution in [0.1, 0.15) is 5.56 Å². The van der Waals surface area contributed by atoms with Crippen LogP contribution in [0, 0.1) is 11.8 Å². The minimum Gasteiger partial charge on any atom is -0.344 e. The average Bonchev–Trinajstić information content (AvgIpc) is 3.01. The third-order valence-electron chi connectivity index (χ3n) is 4.61. The van der Waals surface area contributed by atoms with Crippen molar-refractivity contribution < 1.29 is 9.59 Å². The zero-order chi connectivity index (χ0) is 15.7. The number of nitrogens with one attached hydrogen (secondary N) is 2. The summed E-state index contributed by atoms with van der Waals surface area (Å²) in [4.78, 5) is 28.4. The van der Waals surface area contributed by atoms with E-state index in [2.05, 4.69) is 10.9 Å². The van der Waals surface area contributed by atoms with E-state index < -0.39 is 0 Å². The molecular weight excluding hydrogens is 280 g/mol. The summed E-state index contributed by atoms with van der Waals surface area (Å²) in [6, 6.07) is 9.65. The van der Waals surface area contributed by atoms with Crippen LogP contribution >= 0.6 is 0 Å². The lowest BCUT2D eigenvalue weighted by Gasteiger charge is -2.38. The summed E-state index contributed by atoms with van der Waals surface area (Å²) in [5.74, 6) is 0.0202. The zero-order valence-corrected chi connectivity index (χ0v) is 13.0. The number of likely N-dealkylation sites (tertiary alicyclic amines) is 1. The topological polar surface area (TPSA) is 64.7 Å². The highest BCUT2D eigenvalue weighted by molar-refractivity contribution is 5.88. The molecule has 0 radical (unpaired) electrons. The van der Waals surface area contributed by atoms with Crippen LogP contribution in [0.15, 0.2) is 30.3 Å². The maximum atomic E-state index is 12.8. The van der Waals surface area contributed by atoms with Crippen molar-refractivity contribution in [2.24, 2.45) is 11.8 Å². The fourth-order valence-corrected chi connectivity index (χ4v) is 3.37. The Kier molecular flexibility index (Phi) is 4.13. The molecule has 6 heteroatoms. The Labute approximate surface area is 130 Å². The minimum absolute atomic E-state index is 0.0226.